The van der Waals surface area contributed by atoms with Gasteiger partial charge in [0.25, 0.3) is 5.56 Å². The molecule has 160 valence electrons. The van der Waals surface area contributed by atoms with Crippen LogP contribution in [-0.4, -0.2) is 14.5 Å². The lowest BCUT2D eigenvalue weighted by molar-refractivity contribution is 0.297. The normalized spacial score (nSPS) is 14.2. The van der Waals surface area contributed by atoms with Crippen molar-refractivity contribution in [2.75, 3.05) is 0 Å². The van der Waals surface area contributed by atoms with Crippen molar-refractivity contribution < 1.29 is 4.74 Å². The molecule has 32 heavy (non-hydrogen) atoms. The summed E-state index contributed by atoms with van der Waals surface area (Å²) in [6.07, 6.45) is 4.65. The molecule has 2 aromatic carbocycles. The number of pyridine rings is 1. The molecule has 0 saturated carbocycles. The Labute approximate surface area is 191 Å². The Kier molecular flexibility index (Phi) is 5.27. The van der Waals surface area contributed by atoms with E-state index in [0.717, 1.165) is 46.0 Å². The molecule has 1 aliphatic rings. The first-order chi connectivity index (χ1) is 15.5. The molecule has 1 aliphatic heterocycles. The van der Waals surface area contributed by atoms with Crippen LogP contribution in [0, 0.1) is 13.8 Å². The third-order valence-electron chi connectivity index (χ3n) is 5.72. The van der Waals surface area contributed by atoms with Crippen LogP contribution in [0.3, 0.4) is 0 Å². The predicted molar refractivity (Wildman–Crippen MR) is 128 cm³/mol. The fraction of sp³-hybridized carbons (Fsp3) is 0.192. The van der Waals surface area contributed by atoms with Crippen LogP contribution in [0.4, 0.5) is 0 Å². The number of fused-ring (bicyclic) bond motifs is 2. The molecule has 0 spiro atoms. The molecule has 0 atom stereocenters. The van der Waals surface area contributed by atoms with E-state index in [9.17, 15) is 4.79 Å². The molecular weight excluding hydrogens is 422 g/mol. The minimum Gasteiger partial charge on any atom is -0.487 e. The number of hydrogen-bond donors (Lipinski definition) is 0. The highest BCUT2D eigenvalue weighted by molar-refractivity contribution is 6.31. The Morgan fingerprint density at radius 3 is 2.69 bits per heavy atom. The Balaban J connectivity index is 1.47. The van der Waals surface area contributed by atoms with E-state index in [2.05, 4.69) is 23.2 Å². The zero-order valence-electron chi connectivity index (χ0n) is 17.9. The zero-order chi connectivity index (χ0) is 22.2. The van der Waals surface area contributed by atoms with E-state index in [1.807, 2.05) is 32.0 Å². The number of nitrogens with zero attached hydrogens (tertiary/aromatic N) is 3. The van der Waals surface area contributed by atoms with Crippen molar-refractivity contribution in [2.24, 2.45) is 0 Å². The van der Waals surface area contributed by atoms with Gasteiger partial charge < -0.3 is 4.74 Å². The number of allylic oxidation sites excluding steroid dienone is 1. The van der Waals surface area contributed by atoms with Gasteiger partial charge in [0, 0.05) is 17.8 Å². The first-order valence-corrected chi connectivity index (χ1v) is 10.9. The number of hydrogen-bond acceptors (Lipinski definition) is 4. The smallest absolute Gasteiger partial charge is 0.261 e. The van der Waals surface area contributed by atoms with Crippen LogP contribution >= 0.6 is 11.6 Å². The Morgan fingerprint density at radius 1 is 1.12 bits per heavy atom. The predicted octanol–water partition coefficient (Wildman–Crippen LogP) is 5.59. The zero-order valence-corrected chi connectivity index (χ0v) is 18.7. The summed E-state index contributed by atoms with van der Waals surface area (Å²) >= 11 is 6.08. The summed E-state index contributed by atoms with van der Waals surface area (Å²) in [6, 6.07) is 15.3. The van der Waals surface area contributed by atoms with Gasteiger partial charge in [-0.2, -0.15) is 0 Å². The number of aromatic nitrogens is 3. The van der Waals surface area contributed by atoms with Gasteiger partial charge in [-0.25, -0.2) is 4.98 Å². The minimum absolute atomic E-state index is 0.0402. The van der Waals surface area contributed by atoms with Crippen molar-refractivity contribution in [3.05, 3.63) is 98.3 Å². The van der Waals surface area contributed by atoms with Crippen LogP contribution in [0.5, 0.6) is 5.75 Å². The average Bonchev–Trinajstić information content (AvgIpc) is 3.17. The lowest BCUT2D eigenvalue weighted by Crippen LogP contribution is -2.20. The van der Waals surface area contributed by atoms with Gasteiger partial charge in [0.2, 0.25) is 0 Å². The van der Waals surface area contributed by atoms with Crippen LogP contribution in [0.1, 0.15) is 34.6 Å². The second kappa shape index (κ2) is 8.24. The lowest BCUT2D eigenvalue weighted by atomic mass is 10.0. The average molecular weight is 444 g/mol. The summed E-state index contributed by atoms with van der Waals surface area (Å²) in [5, 5.41) is 1.10. The van der Waals surface area contributed by atoms with Gasteiger partial charge in [-0.3, -0.25) is 14.3 Å². The Hall–Kier alpha value is -3.44. The highest BCUT2D eigenvalue weighted by Gasteiger charge is 2.21. The summed E-state index contributed by atoms with van der Waals surface area (Å²) < 4.78 is 7.80. The van der Waals surface area contributed by atoms with E-state index in [-0.39, 0.29) is 5.56 Å². The van der Waals surface area contributed by atoms with E-state index in [4.69, 9.17) is 21.3 Å². The molecule has 0 radical (unpaired) electrons. The van der Waals surface area contributed by atoms with E-state index >= 15 is 0 Å². The quantitative estimate of drug-likeness (QED) is 0.413. The first kappa shape index (κ1) is 20.5. The molecule has 0 amide bonds. The van der Waals surface area contributed by atoms with Crippen LogP contribution in [0.2, 0.25) is 5.02 Å². The van der Waals surface area contributed by atoms with E-state index in [0.29, 0.717) is 29.1 Å². The van der Waals surface area contributed by atoms with Gasteiger partial charge in [-0.05, 0) is 91.1 Å². The fourth-order valence-corrected chi connectivity index (χ4v) is 4.42. The van der Waals surface area contributed by atoms with Gasteiger partial charge >= 0.3 is 0 Å². The Bertz CT molecular complexity index is 1400. The van der Waals surface area contributed by atoms with Crippen molar-refractivity contribution in [3.8, 4) is 5.75 Å². The van der Waals surface area contributed by atoms with Gasteiger partial charge in [0.1, 0.15) is 18.2 Å². The number of rotatable bonds is 4. The highest BCUT2D eigenvalue weighted by atomic mass is 35.5. The SMILES string of the molecule is Cc1cc(/C=C2\CCn3c2nc2ccc(Cl)cc2c3=O)cc(C)c1OCc1ccccn1. The van der Waals surface area contributed by atoms with Crippen molar-refractivity contribution >= 4 is 34.2 Å². The molecule has 5 nitrogen and oxygen atoms in total. The summed E-state index contributed by atoms with van der Waals surface area (Å²) in [5.41, 5.74) is 5.77. The molecule has 0 aliphatic carbocycles. The molecule has 2 aromatic heterocycles. The monoisotopic (exact) mass is 443 g/mol. The van der Waals surface area contributed by atoms with E-state index in [1.165, 1.54) is 0 Å². The standard InChI is InChI=1S/C26H22ClN3O2/c1-16-11-18(12-17(2)24(16)32-15-21-5-3-4-9-28-21)13-19-8-10-30-25(19)29-23-7-6-20(27)14-22(23)26(30)31/h3-7,9,11-14H,8,10,15H2,1-2H3/b19-13+. The number of aryl methyl sites for hydroxylation is 2. The topological polar surface area (TPSA) is 57.0 Å². The fourth-order valence-electron chi connectivity index (χ4n) is 4.25. The second-order valence-corrected chi connectivity index (χ2v) is 8.50. The molecule has 4 aromatic rings. The maximum atomic E-state index is 12.9. The molecule has 0 N–H and O–H groups in total. The molecule has 0 bridgehead atoms. The summed E-state index contributed by atoms with van der Waals surface area (Å²) in [5.74, 6) is 1.61. The maximum absolute atomic E-state index is 12.9. The van der Waals surface area contributed by atoms with E-state index in [1.54, 1.807) is 29.0 Å². The van der Waals surface area contributed by atoms with Crippen molar-refractivity contribution in [1.82, 2.24) is 14.5 Å². The molecule has 0 fully saturated rings. The maximum Gasteiger partial charge on any atom is 0.261 e. The number of halogens is 1. The summed E-state index contributed by atoms with van der Waals surface area (Å²) in [7, 11) is 0. The Morgan fingerprint density at radius 2 is 1.94 bits per heavy atom. The minimum atomic E-state index is -0.0402. The number of benzene rings is 2. The van der Waals surface area contributed by atoms with Crippen LogP contribution < -0.4 is 10.3 Å². The summed E-state index contributed by atoms with van der Waals surface area (Å²) in [6.45, 7) is 5.15. The van der Waals surface area contributed by atoms with Crippen LogP contribution in [-0.2, 0) is 13.2 Å². The highest BCUT2D eigenvalue weighted by Crippen LogP contribution is 2.31. The first-order valence-electron chi connectivity index (χ1n) is 10.5. The van der Waals surface area contributed by atoms with Gasteiger partial charge in [-0.1, -0.05) is 17.7 Å². The molecule has 0 unspecified atom stereocenters. The van der Waals surface area contributed by atoms with Crippen molar-refractivity contribution in [2.45, 2.75) is 33.4 Å². The van der Waals surface area contributed by atoms with Crippen molar-refractivity contribution in [3.63, 3.8) is 0 Å². The number of ether oxygens (including phenoxy) is 1. The third-order valence-corrected chi connectivity index (χ3v) is 5.96. The van der Waals surface area contributed by atoms with E-state index < -0.39 is 0 Å². The van der Waals surface area contributed by atoms with Gasteiger partial charge in [0.05, 0.1) is 16.6 Å². The largest absolute Gasteiger partial charge is 0.487 e. The lowest BCUT2D eigenvalue weighted by Gasteiger charge is -2.13. The van der Waals surface area contributed by atoms with Crippen molar-refractivity contribution in [1.29, 1.82) is 0 Å². The van der Waals surface area contributed by atoms with Gasteiger partial charge in [-0.15, -0.1) is 0 Å². The molecular formula is C26H22ClN3O2. The molecule has 5 rings (SSSR count). The second-order valence-electron chi connectivity index (χ2n) is 8.07. The summed E-state index contributed by atoms with van der Waals surface area (Å²) in [4.78, 5) is 22.0. The van der Waals surface area contributed by atoms with Crippen LogP contribution in [0.25, 0.3) is 22.6 Å². The third kappa shape index (κ3) is 3.80. The van der Waals surface area contributed by atoms with Gasteiger partial charge in [0.15, 0.2) is 0 Å². The molecule has 6 heteroatoms. The molecule has 3 heterocycles. The van der Waals surface area contributed by atoms with Crippen LogP contribution in [0.15, 0.2) is 59.5 Å². The molecule has 0 saturated heterocycles.